The second-order valence-corrected chi connectivity index (χ2v) is 6.65. The van der Waals surface area contributed by atoms with Gasteiger partial charge in [-0.1, -0.05) is 12.1 Å². The van der Waals surface area contributed by atoms with Gasteiger partial charge in [0.1, 0.15) is 11.3 Å². The lowest BCUT2D eigenvalue weighted by atomic mass is 10.1. The highest BCUT2D eigenvalue weighted by Crippen LogP contribution is 2.35. The molecular weight excluding hydrogens is 392 g/mol. The van der Waals surface area contributed by atoms with Crippen molar-refractivity contribution in [2.75, 3.05) is 12.4 Å². The van der Waals surface area contributed by atoms with Crippen molar-refractivity contribution >= 4 is 22.8 Å². The van der Waals surface area contributed by atoms with Crippen LogP contribution < -0.4 is 14.8 Å². The lowest BCUT2D eigenvalue weighted by Gasteiger charge is -2.12. The second-order valence-electron chi connectivity index (χ2n) is 6.65. The summed E-state index contributed by atoms with van der Waals surface area (Å²) in [5.41, 5.74) is 3.97. The standard InChI is InChI=1S/C24H18N4O3/c1-29-22-18(6-4-14-25-22)19-7-5-15-26-23(19)30-17-12-10-16(11-13-17)27-24-28-20-8-2-3-9-21(20)31-24/h2-15H,1H3,(H,27,28). The largest absolute Gasteiger partial charge is 0.481 e. The van der Waals surface area contributed by atoms with Gasteiger partial charge in [0.2, 0.25) is 11.8 Å². The Morgan fingerprint density at radius 1 is 0.774 bits per heavy atom. The molecule has 1 N–H and O–H groups in total. The zero-order valence-corrected chi connectivity index (χ0v) is 16.6. The lowest BCUT2D eigenvalue weighted by molar-refractivity contribution is 0.399. The number of benzene rings is 2. The molecule has 152 valence electrons. The third-order valence-electron chi connectivity index (χ3n) is 4.64. The monoisotopic (exact) mass is 410 g/mol. The summed E-state index contributed by atoms with van der Waals surface area (Å²) in [5.74, 6) is 1.62. The first-order valence-electron chi connectivity index (χ1n) is 9.65. The molecule has 0 saturated carbocycles. The van der Waals surface area contributed by atoms with Crippen molar-refractivity contribution < 1.29 is 13.9 Å². The van der Waals surface area contributed by atoms with E-state index in [1.165, 1.54) is 0 Å². The van der Waals surface area contributed by atoms with E-state index in [2.05, 4.69) is 20.3 Å². The molecule has 0 atom stereocenters. The molecule has 0 saturated heterocycles. The zero-order valence-electron chi connectivity index (χ0n) is 16.6. The van der Waals surface area contributed by atoms with Gasteiger partial charge in [-0.05, 0) is 60.7 Å². The molecule has 5 aromatic rings. The van der Waals surface area contributed by atoms with Gasteiger partial charge in [-0.15, -0.1) is 0 Å². The Bertz CT molecular complexity index is 1300. The molecule has 0 spiro atoms. The Morgan fingerprint density at radius 2 is 1.48 bits per heavy atom. The van der Waals surface area contributed by atoms with Crippen molar-refractivity contribution in [2.45, 2.75) is 0 Å². The molecule has 2 aromatic carbocycles. The Labute approximate surface area is 178 Å². The predicted molar refractivity (Wildman–Crippen MR) is 118 cm³/mol. The number of ether oxygens (including phenoxy) is 2. The van der Waals surface area contributed by atoms with Crippen LogP contribution in [0, 0.1) is 0 Å². The maximum atomic E-state index is 6.06. The number of hydrogen-bond donors (Lipinski definition) is 1. The molecule has 5 rings (SSSR count). The van der Waals surface area contributed by atoms with Gasteiger partial charge in [0.05, 0.1) is 7.11 Å². The number of para-hydroxylation sites is 2. The van der Waals surface area contributed by atoms with E-state index in [0.717, 1.165) is 27.9 Å². The average Bonchev–Trinajstić information content (AvgIpc) is 3.23. The number of oxazole rings is 1. The minimum atomic E-state index is 0.436. The van der Waals surface area contributed by atoms with E-state index in [0.29, 0.717) is 23.5 Å². The smallest absolute Gasteiger partial charge is 0.300 e. The maximum absolute atomic E-state index is 6.06. The maximum Gasteiger partial charge on any atom is 0.300 e. The van der Waals surface area contributed by atoms with E-state index in [1.807, 2.05) is 72.8 Å². The van der Waals surface area contributed by atoms with Crippen molar-refractivity contribution in [1.82, 2.24) is 15.0 Å². The highest BCUT2D eigenvalue weighted by atomic mass is 16.5. The topological polar surface area (TPSA) is 82.3 Å². The first-order valence-corrected chi connectivity index (χ1v) is 9.65. The summed E-state index contributed by atoms with van der Waals surface area (Å²) >= 11 is 0. The molecule has 0 aliphatic carbocycles. The number of methoxy groups -OCH3 is 1. The molecule has 0 fully saturated rings. The van der Waals surface area contributed by atoms with Crippen LogP contribution in [0.25, 0.3) is 22.2 Å². The summed E-state index contributed by atoms with van der Waals surface area (Å²) in [6, 6.07) is 23.1. The van der Waals surface area contributed by atoms with Crippen LogP contribution in [0.4, 0.5) is 11.7 Å². The predicted octanol–water partition coefficient (Wildman–Crippen LogP) is 5.83. The zero-order chi connectivity index (χ0) is 21.0. The Balaban J connectivity index is 1.37. The van der Waals surface area contributed by atoms with Gasteiger partial charge in [0.15, 0.2) is 5.58 Å². The van der Waals surface area contributed by atoms with E-state index in [1.54, 1.807) is 19.5 Å². The van der Waals surface area contributed by atoms with Crippen LogP contribution in [0.15, 0.2) is 89.6 Å². The molecule has 31 heavy (non-hydrogen) atoms. The summed E-state index contributed by atoms with van der Waals surface area (Å²) in [5, 5.41) is 3.16. The van der Waals surface area contributed by atoms with Crippen LogP contribution in [-0.4, -0.2) is 22.1 Å². The molecule has 0 aliphatic rings. The molecule has 0 radical (unpaired) electrons. The van der Waals surface area contributed by atoms with Gasteiger partial charge < -0.3 is 19.2 Å². The fourth-order valence-electron chi connectivity index (χ4n) is 3.20. The average molecular weight is 410 g/mol. The minimum Gasteiger partial charge on any atom is -0.481 e. The first-order chi connectivity index (χ1) is 15.3. The third-order valence-corrected chi connectivity index (χ3v) is 4.64. The van der Waals surface area contributed by atoms with Gasteiger partial charge in [0, 0.05) is 29.2 Å². The SMILES string of the molecule is COc1ncccc1-c1cccnc1Oc1ccc(Nc2nc3ccccc3o2)cc1. The number of rotatable bonds is 6. The Hall–Kier alpha value is -4.39. The number of fused-ring (bicyclic) bond motifs is 1. The molecule has 7 heteroatoms. The molecule has 0 bridgehead atoms. The summed E-state index contributed by atoms with van der Waals surface area (Å²) in [4.78, 5) is 13.1. The number of nitrogens with zero attached hydrogens (tertiary/aromatic N) is 3. The van der Waals surface area contributed by atoms with Gasteiger partial charge in [-0.2, -0.15) is 4.98 Å². The van der Waals surface area contributed by atoms with Crippen LogP contribution in [0.5, 0.6) is 17.5 Å². The number of nitrogens with one attached hydrogen (secondary N) is 1. The van der Waals surface area contributed by atoms with E-state index < -0.39 is 0 Å². The van der Waals surface area contributed by atoms with Crippen molar-refractivity contribution in [2.24, 2.45) is 0 Å². The Morgan fingerprint density at radius 3 is 2.23 bits per heavy atom. The Kier molecular flexibility index (Phi) is 4.90. The third kappa shape index (κ3) is 3.89. The van der Waals surface area contributed by atoms with Crippen LogP contribution in [0.1, 0.15) is 0 Å². The summed E-state index contributed by atoms with van der Waals surface area (Å²) < 4.78 is 17.1. The van der Waals surface area contributed by atoms with Crippen molar-refractivity contribution in [3.8, 4) is 28.6 Å². The highest BCUT2D eigenvalue weighted by Gasteiger charge is 2.14. The number of hydrogen-bond acceptors (Lipinski definition) is 7. The summed E-state index contributed by atoms with van der Waals surface area (Å²) in [6.07, 6.45) is 3.37. The molecular formula is C24H18N4O3. The van der Waals surface area contributed by atoms with Gasteiger partial charge >= 0.3 is 0 Å². The van der Waals surface area contributed by atoms with Gasteiger partial charge in [-0.25, -0.2) is 9.97 Å². The number of anilines is 2. The molecule has 0 unspecified atom stereocenters. The van der Waals surface area contributed by atoms with Gasteiger partial charge in [0.25, 0.3) is 6.01 Å². The lowest BCUT2D eigenvalue weighted by Crippen LogP contribution is -1.95. The van der Waals surface area contributed by atoms with Crippen molar-refractivity contribution in [3.05, 3.63) is 85.2 Å². The fourth-order valence-corrected chi connectivity index (χ4v) is 3.20. The van der Waals surface area contributed by atoms with Crippen molar-refractivity contribution in [3.63, 3.8) is 0 Å². The van der Waals surface area contributed by atoms with E-state index >= 15 is 0 Å². The first kappa shape index (κ1) is 18.6. The number of aromatic nitrogens is 3. The normalized spacial score (nSPS) is 10.7. The quantitative estimate of drug-likeness (QED) is 0.377. The molecule has 0 amide bonds. The summed E-state index contributed by atoms with van der Waals surface area (Å²) in [6.45, 7) is 0. The fraction of sp³-hybridized carbons (Fsp3) is 0.0417. The van der Waals surface area contributed by atoms with Crippen LogP contribution in [-0.2, 0) is 0 Å². The summed E-state index contributed by atoms with van der Waals surface area (Å²) in [7, 11) is 1.59. The molecule has 7 nitrogen and oxygen atoms in total. The minimum absolute atomic E-state index is 0.436. The number of pyridine rings is 2. The van der Waals surface area contributed by atoms with Crippen LogP contribution >= 0.6 is 0 Å². The molecule has 3 aromatic heterocycles. The van der Waals surface area contributed by atoms with E-state index in [9.17, 15) is 0 Å². The molecule has 3 heterocycles. The second kappa shape index (κ2) is 8.16. The van der Waals surface area contributed by atoms with Crippen LogP contribution in [0.2, 0.25) is 0 Å². The van der Waals surface area contributed by atoms with Crippen molar-refractivity contribution in [1.29, 1.82) is 0 Å². The van der Waals surface area contributed by atoms with E-state index in [4.69, 9.17) is 13.9 Å². The highest BCUT2D eigenvalue weighted by molar-refractivity contribution is 5.75. The van der Waals surface area contributed by atoms with Crippen LogP contribution in [0.3, 0.4) is 0 Å². The van der Waals surface area contributed by atoms with E-state index in [-0.39, 0.29) is 0 Å². The van der Waals surface area contributed by atoms with Gasteiger partial charge in [-0.3, -0.25) is 0 Å². The molecule has 0 aliphatic heterocycles.